The van der Waals surface area contributed by atoms with Gasteiger partial charge in [0.1, 0.15) is 6.10 Å². The zero-order chi connectivity index (χ0) is 13.2. The first-order chi connectivity index (χ1) is 8.50. The first kappa shape index (κ1) is 12.5. The van der Waals surface area contributed by atoms with E-state index in [9.17, 15) is 18.3 Å². The molecule has 0 aliphatic rings. The Morgan fingerprint density at radius 2 is 1.61 bits per heavy atom. The minimum atomic E-state index is -4.52. The Labute approximate surface area is 101 Å². The largest absolute Gasteiger partial charge is 0.416 e. The molecule has 0 radical (unpaired) electrons. The van der Waals surface area contributed by atoms with Crippen LogP contribution in [-0.2, 0) is 6.18 Å². The molecule has 1 unspecified atom stereocenters. The molecule has 1 aromatic carbocycles. The molecule has 2 aromatic rings. The average molecular weight is 254 g/mol. The molecule has 0 amide bonds. The lowest BCUT2D eigenvalue weighted by atomic mass is 10.0. The fourth-order valence-corrected chi connectivity index (χ4v) is 1.58. The van der Waals surface area contributed by atoms with Gasteiger partial charge in [-0.1, -0.05) is 18.2 Å². The number of nitrogens with zero attached hydrogens (tertiary/aromatic N) is 2. The molecule has 94 valence electrons. The Morgan fingerprint density at radius 3 is 2.22 bits per heavy atom. The Balaban J connectivity index is 2.46. The molecule has 0 aliphatic carbocycles. The van der Waals surface area contributed by atoms with E-state index < -0.39 is 17.8 Å². The molecule has 2 rings (SSSR count). The van der Waals surface area contributed by atoms with Gasteiger partial charge >= 0.3 is 6.18 Å². The van der Waals surface area contributed by atoms with Crippen LogP contribution >= 0.6 is 0 Å². The van der Waals surface area contributed by atoms with Gasteiger partial charge in [-0.3, -0.25) is 0 Å². The van der Waals surface area contributed by atoms with Crippen LogP contribution in [0.15, 0.2) is 42.7 Å². The number of benzene rings is 1. The van der Waals surface area contributed by atoms with Crippen molar-refractivity contribution in [2.45, 2.75) is 12.3 Å². The number of hydrogen-bond donors (Lipinski definition) is 1. The fourth-order valence-electron chi connectivity index (χ4n) is 1.58. The van der Waals surface area contributed by atoms with Crippen molar-refractivity contribution in [1.29, 1.82) is 0 Å². The highest BCUT2D eigenvalue weighted by molar-refractivity contribution is 5.34. The number of aliphatic hydroxyl groups is 1. The molecule has 3 nitrogen and oxygen atoms in total. The van der Waals surface area contributed by atoms with Gasteiger partial charge in [-0.05, 0) is 12.1 Å². The van der Waals surface area contributed by atoms with E-state index in [-0.39, 0.29) is 11.4 Å². The van der Waals surface area contributed by atoms with Crippen molar-refractivity contribution in [3.63, 3.8) is 0 Å². The van der Waals surface area contributed by atoms with Crippen LogP contribution in [0.25, 0.3) is 0 Å². The van der Waals surface area contributed by atoms with Gasteiger partial charge in [0.15, 0.2) is 5.82 Å². The van der Waals surface area contributed by atoms with E-state index in [1.54, 1.807) is 0 Å². The third-order valence-electron chi connectivity index (χ3n) is 2.39. The fraction of sp³-hybridized carbons (Fsp3) is 0.167. The van der Waals surface area contributed by atoms with E-state index in [0.29, 0.717) is 0 Å². The molecule has 0 fully saturated rings. The second kappa shape index (κ2) is 4.73. The highest BCUT2D eigenvalue weighted by Crippen LogP contribution is 2.35. The molecule has 18 heavy (non-hydrogen) atoms. The van der Waals surface area contributed by atoms with Crippen molar-refractivity contribution in [3.05, 3.63) is 59.7 Å². The summed E-state index contributed by atoms with van der Waals surface area (Å²) in [6, 6.07) is 6.35. The summed E-state index contributed by atoms with van der Waals surface area (Å²) >= 11 is 0. The molecular formula is C12H9F3N2O. The predicted octanol–water partition coefficient (Wildman–Crippen LogP) is 2.58. The molecular weight excluding hydrogens is 245 g/mol. The summed E-state index contributed by atoms with van der Waals surface area (Å²) in [5.74, 6) is -0.0609. The number of alkyl halides is 3. The molecule has 0 bridgehead atoms. The maximum atomic E-state index is 12.8. The van der Waals surface area contributed by atoms with Crippen molar-refractivity contribution in [2.24, 2.45) is 0 Å². The first-order valence-corrected chi connectivity index (χ1v) is 5.11. The third kappa shape index (κ3) is 2.48. The molecule has 0 aliphatic heterocycles. The van der Waals surface area contributed by atoms with Gasteiger partial charge < -0.3 is 5.11 Å². The topological polar surface area (TPSA) is 46.0 Å². The predicted molar refractivity (Wildman–Crippen MR) is 57.5 cm³/mol. The summed E-state index contributed by atoms with van der Waals surface area (Å²) in [6.45, 7) is 0. The molecule has 0 saturated carbocycles. The summed E-state index contributed by atoms with van der Waals surface area (Å²) in [6.07, 6.45) is -3.29. The normalized spacial score (nSPS) is 13.3. The Morgan fingerprint density at radius 1 is 1.00 bits per heavy atom. The van der Waals surface area contributed by atoms with E-state index in [1.165, 1.54) is 36.7 Å². The van der Waals surface area contributed by atoms with Crippen LogP contribution in [0.3, 0.4) is 0 Å². The smallest absolute Gasteiger partial charge is 0.380 e. The maximum absolute atomic E-state index is 12.8. The van der Waals surface area contributed by atoms with Crippen molar-refractivity contribution in [1.82, 2.24) is 9.97 Å². The van der Waals surface area contributed by atoms with Crippen LogP contribution in [0.2, 0.25) is 0 Å². The van der Waals surface area contributed by atoms with Crippen LogP contribution in [-0.4, -0.2) is 15.1 Å². The lowest BCUT2D eigenvalue weighted by Crippen LogP contribution is -2.14. The summed E-state index contributed by atoms with van der Waals surface area (Å²) in [4.78, 5) is 7.50. The van der Waals surface area contributed by atoms with Gasteiger partial charge in [-0.25, -0.2) is 9.97 Å². The summed E-state index contributed by atoms with van der Waals surface area (Å²) in [7, 11) is 0. The molecule has 0 saturated heterocycles. The highest BCUT2D eigenvalue weighted by atomic mass is 19.4. The van der Waals surface area contributed by atoms with E-state index in [2.05, 4.69) is 9.97 Å². The van der Waals surface area contributed by atoms with Gasteiger partial charge in [0.05, 0.1) is 5.56 Å². The molecule has 1 N–H and O–H groups in total. The third-order valence-corrected chi connectivity index (χ3v) is 2.39. The van der Waals surface area contributed by atoms with E-state index in [1.807, 2.05) is 0 Å². The van der Waals surface area contributed by atoms with Gasteiger partial charge in [0.25, 0.3) is 0 Å². The highest BCUT2D eigenvalue weighted by Gasteiger charge is 2.35. The first-order valence-electron chi connectivity index (χ1n) is 5.11. The minimum absolute atomic E-state index is 0.0609. The van der Waals surface area contributed by atoms with Gasteiger partial charge in [0, 0.05) is 18.0 Å². The average Bonchev–Trinajstić information content (AvgIpc) is 2.38. The quantitative estimate of drug-likeness (QED) is 0.895. The molecule has 1 aromatic heterocycles. The van der Waals surface area contributed by atoms with E-state index in [4.69, 9.17) is 0 Å². The summed E-state index contributed by atoms with van der Waals surface area (Å²) in [5.41, 5.74) is -1.14. The van der Waals surface area contributed by atoms with Crippen molar-refractivity contribution in [2.75, 3.05) is 0 Å². The number of aromatic nitrogens is 2. The number of rotatable bonds is 2. The zero-order valence-electron chi connectivity index (χ0n) is 9.09. The second-order valence-electron chi connectivity index (χ2n) is 3.59. The number of halogens is 3. The monoisotopic (exact) mass is 254 g/mol. The lowest BCUT2D eigenvalue weighted by Gasteiger charge is -2.16. The van der Waals surface area contributed by atoms with Crippen molar-refractivity contribution < 1.29 is 18.3 Å². The van der Waals surface area contributed by atoms with Crippen molar-refractivity contribution in [3.8, 4) is 0 Å². The Kier molecular flexibility index (Phi) is 3.29. The van der Waals surface area contributed by atoms with Crippen LogP contribution in [0.1, 0.15) is 23.1 Å². The second-order valence-corrected chi connectivity index (χ2v) is 3.59. The minimum Gasteiger partial charge on any atom is -0.380 e. The standard InChI is InChI=1S/C12H9F3N2O/c13-12(14,15)9-5-2-1-4-8(9)10(18)11-16-6-3-7-17-11/h1-7,10,18H. The SMILES string of the molecule is OC(c1ncccn1)c1ccccc1C(F)(F)F. The number of aliphatic hydroxyl groups excluding tert-OH is 1. The Hall–Kier alpha value is -1.95. The molecule has 1 atom stereocenters. The zero-order valence-corrected chi connectivity index (χ0v) is 9.09. The van der Waals surface area contributed by atoms with E-state index in [0.717, 1.165) is 6.07 Å². The van der Waals surface area contributed by atoms with E-state index >= 15 is 0 Å². The molecule has 0 spiro atoms. The van der Waals surface area contributed by atoms with Crippen molar-refractivity contribution >= 4 is 0 Å². The molecule has 1 heterocycles. The molecule has 6 heteroatoms. The Bertz CT molecular complexity index is 528. The van der Waals surface area contributed by atoms with Crippen LogP contribution in [0.4, 0.5) is 13.2 Å². The van der Waals surface area contributed by atoms with Crippen LogP contribution < -0.4 is 0 Å². The van der Waals surface area contributed by atoms with Gasteiger partial charge in [-0.2, -0.15) is 13.2 Å². The van der Waals surface area contributed by atoms with Crippen LogP contribution in [0.5, 0.6) is 0 Å². The summed E-state index contributed by atoms with van der Waals surface area (Å²) < 4.78 is 38.3. The van der Waals surface area contributed by atoms with Gasteiger partial charge in [0.2, 0.25) is 0 Å². The number of hydrogen-bond acceptors (Lipinski definition) is 3. The summed E-state index contributed by atoms with van der Waals surface area (Å²) in [5, 5.41) is 9.91. The maximum Gasteiger partial charge on any atom is 0.416 e. The van der Waals surface area contributed by atoms with Gasteiger partial charge in [-0.15, -0.1) is 0 Å². The lowest BCUT2D eigenvalue weighted by molar-refractivity contribution is -0.139. The van der Waals surface area contributed by atoms with Crippen LogP contribution in [0, 0.1) is 0 Å².